The van der Waals surface area contributed by atoms with Crippen molar-refractivity contribution in [2.45, 2.75) is 13.1 Å². The maximum atomic E-state index is 12.0. The Morgan fingerprint density at radius 2 is 1.77 bits per heavy atom. The highest BCUT2D eigenvalue weighted by Crippen LogP contribution is 2.28. The van der Waals surface area contributed by atoms with E-state index in [4.69, 9.17) is 4.74 Å². The lowest BCUT2D eigenvalue weighted by molar-refractivity contribution is -0.124. The topological polar surface area (TPSA) is 51.5 Å². The fraction of sp³-hybridized carbons (Fsp3) is 0.200. The Morgan fingerprint density at radius 3 is 2.54 bits per heavy atom. The third kappa shape index (κ3) is 2.97. The minimum atomic E-state index is -0.170. The molecular weight excluding hydrogens is 348 g/mol. The second-order valence-corrected chi connectivity index (χ2v) is 7.07. The Labute approximate surface area is 155 Å². The number of carbonyl (C=O) groups excluding carboxylic acids is 2. The first-order valence-corrected chi connectivity index (χ1v) is 9.31. The lowest BCUT2D eigenvalue weighted by Crippen LogP contribution is -2.27. The number of para-hydroxylation sites is 2. The maximum Gasteiger partial charge on any atom is 0.289 e. The minimum Gasteiger partial charge on any atom is -0.496 e. The molecule has 0 unspecified atom stereocenters. The van der Waals surface area contributed by atoms with Gasteiger partial charge < -0.3 is 9.30 Å². The van der Waals surface area contributed by atoms with E-state index in [1.807, 2.05) is 48.7 Å². The zero-order chi connectivity index (χ0) is 18.1. The fourth-order valence-corrected chi connectivity index (χ4v) is 4.03. The zero-order valence-corrected chi connectivity index (χ0v) is 15.2. The highest BCUT2D eigenvalue weighted by molar-refractivity contribution is 8.14. The van der Waals surface area contributed by atoms with Gasteiger partial charge in [0.1, 0.15) is 5.75 Å². The van der Waals surface area contributed by atoms with E-state index < -0.39 is 0 Å². The van der Waals surface area contributed by atoms with Crippen molar-refractivity contribution in [3.8, 4) is 5.75 Å². The van der Waals surface area contributed by atoms with Gasteiger partial charge in [0.25, 0.3) is 5.24 Å². The molecule has 0 saturated carbocycles. The van der Waals surface area contributed by atoms with E-state index in [0.717, 1.165) is 39.5 Å². The van der Waals surface area contributed by atoms with Crippen molar-refractivity contribution >= 4 is 33.8 Å². The van der Waals surface area contributed by atoms with E-state index in [-0.39, 0.29) is 16.9 Å². The normalized spacial score (nSPS) is 14.4. The number of benzene rings is 2. The monoisotopic (exact) mass is 366 g/mol. The van der Waals surface area contributed by atoms with Crippen molar-refractivity contribution in [3.05, 3.63) is 65.9 Å². The van der Waals surface area contributed by atoms with E-state index >= 15 is 0 Å². The molecule has 1 fully saturated rings. The fourth-order valence-electron chi connectivity index (χ4n) is 3.30. The molecule has 1 aliphatic heterocycles. The highest BCUT2D eigenvalue weighted by Gasteiger charge is 2.30. The Balaban J connectivity index is 1.72. The Bertz CT molecular complexity index is 980. The smallest absolute Gasteiger partial charge is 0.289 e. The van der Waals surface area contributed by atoms with Gasteiger partial charge in [-0.05, 0) is 17.7 Å². The number of hydrogen-bond donors (Lipinski definition) is 0. The van der Waals surface area contributed by atoms with Crippen LogP contribution in [0.3, 0.4) is 0 Å². The number of rotatable bonds is 5. The molecule has 0 N–H and O–H groups in total. The van der Waals surface area contributed by atoms with Gasteiger partial charge in [-0.15, -0.1) is 0 Å². The number of hydrogen-bond acceptors (Lipinski definition) is 4. The van der Waals surface area contributed by atoms with Crippen molar-refractivity contribution in [2.24, 2.45) is 0 Å². The molecule has 0 bridgehead atoms. The predicted molar refractivity (Wildman–Crippen MR) is 102 cm³/mol. The maximum absolute atomic E-state index is 12.0. The quantitative estimate of drug-likeness (QED) is 0.687. The first kappa shape index (κ1) is 16.7. The summed E-state index contributed by atoms with van der Waals surface area (Å²) >= 11 is 1.07. The van der Waals surface area contributed by atoms with E-state index in [0.29, 0.717) is 13.1 Å². The molecule has 0 aliphatic carbocycles. The average molecular weight is 366 g/mol. The van der Waals surface area contributed by atoms with Crippen molar-refractivity contribution in [2.75, 3.05) is 12.9 Å². The van der Waals surface area contributed by atoms with E-state index in [2.05, 4.69) is 10.6 Å². The minimum absolute atomic E-state index is 0.124. The molecule has 0 radical (unpaired) electrons. The average Bonchev–Trinajstić information content (AvgIpc) is 3.17. The third-order valence-corrected chi connectivity index (χ3v) is 5.43. The summed E-state index contributed by atoms with van der Waals surface area (Å²) in [5, 5.41) is 0.886. The van der Waals surface area contributed by atoms with E-state index in [1.54, 1.807) is 7.11 Å². The second-order valence-electron chi connectivity index (χ2n) is 6.15. The molecule has 132 valence electrons. The highest BCUT2D eigenvalue weighted by atomic mass is 32.2. The van der Waals surface area contributed by atoms with Crippen LogP contribution in [0, 0.1) is 0 Å². The van der Waals surface area contributed by atoms with E-state index in [9.17, 15) is 9.59 Å². The van der Waals surface area contributed by atoms with Crippen LogP contribution in [0.1, 0.15) is 11.1 Å². The SMILES string of the molecule is COc1ccccc1Cn1cc(CN2C(=O)CSC2=O)c2ccccc21. The molecule has 2 heterocycles. The van der Waals surface area contributed by atoms with Crippen LogP contribution in [0.25, 0.3) is 10.9 Å². The summed E-state index contributed by atoms with van der Waals surface area (Å²) in [6, 6.07) is 16.0. The number of nitrogens with zero attached hydrogens (tertiary/aromatic N) is 2. The number of thioether (sulfide) groups is 1. The molecular formula is C20H18N2O3S. The summed E-state index contributed by atoms with van der Waals surface area (Å²) in [5.41, 5.74) is 3.12. The summed E-state index contributed by atoms with van der Waals surface area (Å²) in [6.07, 6.45) is 2.03. The van der Waals surface area contributed by atoms with Crippen molar-refractivity contribution in [1.29, 1.82) is 0 Å². The number of amides is 2. The Kier molecular flexibility index (Phi) is 4.42. The van der Waals surface area contributed by atoms with Crippen LogP contribution in [-0.2, 0) is 17.9 Å². The molecule has 26 heavy (non-hydrogen) atoms. The van der Waals surface area contributed by atoms with Gasteiger partial charge >= 0.3 is 0 Å². The molecule has 5 nitrogen and oxygen atoms in total. The number of imide groups is 1. The molecule has 4 rings (SSSR count). The van der Waals surface area contributed by atoms with Crippen LogP contribution in [-0.4, -0.2) is 33.5 Å². The molecule has 2 amide bonds. The van der Waals surface area contributed by atoms with Gasteiger partial charge in [-0.1, -0.05) is 48.2 Å². The molecule has 0 atom stereocenters. The molecule has 2 aromatic carbocycles. The molecule has 6 heteroatoms. The number of carbonyl (C=O) groups is 2. The summed E-state index contributed by atoms with van der Waals surface area (Å²) < 4.78 is 7.60. The van der Waals surface area contributed by atoms with Crippen molar-refractivity contribution < 1.29 is 14.3 Å². The van der Waals surface area contributed by atoms with Crippen LogP contribution < -0.4 is 4.74 Å². The first-order valence-electron chi connectivity index (χ1n) is 8.33. The van der Waals surface area contributed by atoms with Crippen LogP contribution in [0.4, 0.5) is 4.79 Å². The summed E-state index contributed by atoms with van der Waals surface area (Å²) in [5.74, 6) is 0.952. The summed E-state index contributed by atoms with van der Waals surface area (Å²) in [6.45, 7) is 0.964. The largest absolute Gasteiger partial charge is 0.496 e. The summed E-state index contributed by atoms with van der Waals surface area (Å²) in [4.78, 5) is 25.3. The molecule has 1 saturated heterocycles. The van der Waals surface area contributed by atoms with Gasteiger partial charge in [0, 0.05) is 22.7 Å². The standard InChI is InChI=1S/C20H18N2O3S/c1-25-18-9-5-2-6-14(18)10-21-11-15(16-7-3-4-8-17(16)21)12-22-19(23)13-26-20(22)24/h2-9,11H,10,12-13H2,1H3. The lowest BCUT2D eigenvalue weighted by atomic mass is 10.1. The van der Waals surface area contributed by atoms with Gasteiger partial charge in [-0.25, -0.2) is 0 Å². The van der Waals surface area contributed by atoms with Gasteiger partial charge in [0.15, 0.2) is 0 Å². The third-order valence-electron chi connectivity index (χ3n) is 4.57. The number of fused-ring (bicyclic) bond motifs is 1. The van der Waals surface area contributed by atoms with Crippen LogP contribution in [0.15, 0.2) is 54.7 Å². The first-order chi connectivity index (χ1) is 12.7. The number of ether oxygens (including phenoxy) is 1. The van der Waals surface area contributed by atoms with Gasteiger partial charge in [-0.2, -0.15) is 0 Å². The van der Waals surface area contributed by atoms with Crippen molar-refractivity contribution in [1.82, 2.24) is 9.47 Å². The predicted octanol–water partition coefficient (Wildman–Crippen LogP) is 3.89. The van der Waals surface area contributed by atoms with Gasteiger partial charge in [0.2, 0.25) is 5.91 Å². The zero-order valence-electron chi connectivity index (χ0n) is 14.3. The number of aromatic nitrogens is 1. The molecule has 1 aromatic heterocycles. The lowest BCUT2D eigenvalue weighted by Gasteiger charge is -2.11. The van der Waals surface area contributed by atoms with Gasteiger partial charge in [0.05, 0.1) is 26.0 Å². The van der Waals surface area contributed by atoms with Gasteiger partial charge in [-0.3, -0.25) is 14.5 Å². The van der Waals surface area contributed by atoms with Crippen LogP contribution >= 0.6 is 11.8 Å². The Hall–Kier alpha value is -2.73. The van der Waals surface area contributed by atoms with Crippen LogP contribution in [0.5, 0.6) is 5.75 Å². The molecule has 3 aromatic rings. The summed E-state index contributed by atoms with van der Waals surface area (Å²) in [7, 11) is 1.67. The van der Waals surface area contributed by atoms with Crippen LogP contribution in [0.2, 0.25) is 0 Å². The second kappa shape index (κ2) is 6.88. The van der Waals surface area contributed by atoms with Crippen molar-refractivity contribution in [3.63, 3.8) is 0 Å². The molecule has 0 spiro atoms. The van der Waals surface area contributed by atoms with E-state index in [1.165, 1.54) is 4.90 Å². The number of methoxy groups -OCH3 is 1. The molecule has 1 aliphatic rings. The Morgan fingerprint density at radius 1 is 1.00 bits per heavy atom.